The number of nitrogens with one attached hydrogen (secondary N) is 2. The quantitative estimate of drug-likeness (QED) is 0.433. The minimum Gasteiger partial charge on any atom is -0.339 e. The lowest BCUT2D eigenvalue weighted by molar-refractivity contribution is 1.10. The molecular formula is C21H17N5S. The Morgan fingerprint density at radius 1 is 0.963 bits per heavy atom. The lowest BCUT2D eigenvalue weighted by atomic mass is 10.1. The minimum atomic E-state index is 0.723. The normalized spacial score (nSPS) is 11.3. The van der Waals surface area contributed by atoms with E-state index in [4.69, 9.17) is 4.98 Å². The Kier molecular flexibility index (Phi) is 3.65. The zero-order chi connectivity index (χ0) is 18.4. The monoisotopic (exact) mass is 371 g/mol. The van der Waals surface area contributed by atoms with Gasteiger partial charge in [-0.15, -0.1) is 21.5 Å². The molecule has 0 fully saturated rings. The van der Waals surface area contributed by atoms with Crippen LogP contribution in [-0.2, 0) is 0 Å². The number of para-hydroxylation sites is 2. The van der Waals surface area contributed by atoms with Crippen molar-refractivity contribution < 1.29 is 0 Å². The van der Waals surface area contributed by atoms with E-state index in [1.807, 2.05) is 12.1 Å². The standard InChI is InChI=1S/C21H17N5S/c1-12-5-3-6-13(2)17(12)24-21-19-15(9-10-27-19)14-7-4-8-16(18(14)25-21)20-22-11-23-26-20/h3-11H,1-2H3,(H,24,25)(H,22,23,26). The van der Waals surface area contributed by atoms with Gasteiger partial charge in [-0.1, -0.05) is 30.3 Å². The summed E-state index contributed by atoms with van der Waals surface area (Å²) in [6, 6.07) is 14.6. The summed E-state index contributed by atoms with van der Waals surface area (Å²) in [7, 11) is 0. The third-order valence-electron chi connectivity index (χ3n) is 4.83. The first kappa shape index (κ1) is 16.0. The second kappa shape index (κ2) is 6.17. The summed E-state index contributed by atoms with van der Waals surface area (Å²) in [5.41, 5.74) is 5.36. The third kappa shape index (κ3) is 2.57. The van der Waals surface area contributed by atoms with Gasteiger partial charge in [0, 0.05) is 22.0 Å². The van der Waals surface area contributed by atoms with Crippen molar-refractivity contribution in [1.29, 1.82) is 0 Å². The number of fused-ring (bicyclic) bond motifs is 3. The number of pyridine rings is 1. The van der Waals surface area contributed by atoms with Gasteiger partial charge in [0.05, 0.1) is 10.2 Å². The Morgan fingerprint density at radius 2 is 1.78 bits per heavy atom. The molecule has 0 aliphatic heterocycles. The van der Waals surface area contributed by atoms with E-state index in [0.29, 0.717) is 0 Å². The van der Waals surface area contributed by atoms with Gasteiger partial charge in [-0.2, -0.15) is 0 Å². The number of H-pyrrole nitrogens is 1. The van der Waals surface area contributed by atoms with E-state index in [1.54, 1.807) is 17.7 Å². The fraction of sp³-hybridized carbons (Fsp3) is 0.0952. The van der Waals surface area contributed by atoms with Gasteiger partial charge in [-0.05, 0) is 42.5 Å². The highest BCUT2D eigenvalue weighted by molar-refractivity contribution is 7.18. The van der Waals surface area contributed by atoms with Crippen molar-refractivity contribution in [2.75, 3.05) is 5.32 Å². The van der Waals surface area contributed by atoms with Gasteiger partial charge in [-0.25, -0.2) is 4.98 Å². The molecule has 2 N–H and O–H groups in total. The smallest absolute Gasteiger partial charge is 0.163 e. The molecule has 0 atom stereocenters. The van der Waals surface area contributed by atoms with Crippen molar-refractivity contribution in [1.82, 2.24) is 20.2 Å². The second-order valence-electron chi connectivity index (χ2n) is 6.55. The minimum absolute atomic E-state index is 0.723. The number of hydrogen-bond donors (Lipinski definition) is 2. The summed E-state index contributed by atoms with van der Waals surface area (Å²) in [6.45, 7) is 4.23. The van der Waals surface area contributed by atoms with Gasteiger partial charge in [0.2, 0.25) is 0 Å². The molecule has 0 aliphatic carbocycles. The maximum Gasteiger partial charge on any atom is 0.163 e. The Labute approximate surface area is 160 Å². The Bertz CT molecular complexity index is 1250. The summed E-state index contributed by atoms with van der Waals surface area (Å²) in [5, 5.41) is 16.1. The number of aromatic nitrogens is 4. The van der Waals surface area contributed by atoms with Crippen LogP contribution in [0.3, 0.4) is 0 Å². The molecule has 0 spiro atoms. The van der Waals surface area contributed by atoms with E-state index in [2.05, 4.69) is 70.1 Å². The van der Waals surface area contributed by atoms with E-state index in [0.717, 1.165) is 38.5 Å². The van der Waals surface area contributed by atoms with Crippen molar-refractivity contribution in [3.63, 3.8) is 0 Å². The number of benzene rings is 2. The zero-order valence-electron chi connectivity index (χ0n) is 14.9. The van der Waals surface area contributed by atoms with Crippen LogP contribution in [0.4, 0.5) is 11.5 Å². The Balaban J connectivity index is 1.79. The average Bonchev–Trinajstić information content (AvgIpc) is 3.36. The summed E-state index contributed by atoms with van der Waals surface area (Å²) >= 11 is 1.70. The largest absolute Gasteiger partial charge is 0.339 e. The van der Waals surface area contributed by atoms with Gasteiger partial charge in [-0.3, -0.25) is 0 Å². The molecule has 132 valence electrons. The first-order chi connectivity index (χ1) is 13.2. The van der Waals surface area contributed by atoms with Crippen molar-refractivity contribution >= 4 is 43.8 Å². The highest BCUT2D eigenvalue weighted by Crippen LogP contribution is 2.38. The highest BCUT2D eigenvalue weighted by Gasteiger charge is 2.15. The molecule has 5 rings (SSSR count). The van der Waals surface area contributed by atoms with Gasteiger partial charge in [0.25, 0.3) is 0 Å². The van der Waals surface area contributed by atoms with Crippen molar-refractivity contribution in [3.05, 3.63) is 65.3 Å². The Morgan fingerprint density at radius 3 is 2.56 bits per heavy atom. The number of aryl methyl sites for hydroxylation is 2. The van der Waals surface area contributed by atoms with E-state index < -0.39 is 0 Å². The van der Waals surface area contributed by atoms with Crippen LogP contribution in [-0.4, -0.2) is 20.2 Å². The molecule has 0 radical (unpaired) electrons. The van der Waals surface area contributed by atoms with Gasteiger partial charge < -0.3 is 10.3 Å². The number of nitrogens with zero attached hydrogens (tertiary/aromatic N) is 3. The molecule has 0 amide bonds. The van der Waals surface area contributed by atoms with Crippen LogP contribution >= 0.6 is 11.3 Å². The molecule has 6 heteroatoms. The molecule has 0 saturated heterocycles. The molecule has 3 heterocycles. The molecule has 3 aromatic heterocycles. The van der Waals surface area contributed by atoms with Crippen molar-refractivity contribution in [2.24, 2.45) is 0 Å². The maximum absolute atomic E-state index is 5.02. The third-order valence-corrected chi connectivity index (χ3v) is 5.75. The predicted octanol–water partition coefficient (Wildman–Crippen LogP) is 5.60. The first-order valence-corrected chi connectivity index (χ1v) is 9.60. The molecule has 5 aromatic rings. The van der Waals surface area contributed by atoms with Gasteiger partial charge in [0.15, 0.2) is 5.82 Å². The van der Waals surface area contributed by atoms with Crippen LogP contribution in [0.2, 0.25) is 0 Å². The van der Waals surface area contributed by atoms with Crippen LogP contribution < -0.4 is 5.32 Å². The fourth-order valence-corrected chi connectivity index (χ4v) is 4.35. The summed E-state index contributed by atoms with van der Waals surface area (Å²) in [4.78, 5) is 8.12. The van der Waals surface area contributed by atoms with Gasteiger partial charge in [0.1, 0.15) is 12.1 Å². The van der Waals surface area contributed by atoms with E-state index in [1.165, 1.54) is 16.5 Å². The number of thiophene rings is 1. The topological polar surface area (TPSA) is 66.5 Å². The maximum atomic E-state index is 5.02. The van der Waals surface area contributed by atoms with Crippen molar-refractivity contribution in [2.45, 2.75) is 13.8 Å². The van der Waals surface area contributed by atoms with Crippen LogP contribution in [0.25, 0.3) is 32.4 Å². The van der Waals surface area contributed by atoms with Crippen LogP contribution in [0.5, 0.6) is 0 Å². The predicted molar refractivity (Wildman–Crippen MR) is 112 cm³/mol. The van der Waals surface area contributed by atoms with E-state index in [-0.39, 0.29) is 0 Å². The molecule has 0 bridgehead atoms. The Hall–Kier alpha value is -3.25. The first-order valence-electron chi connectivity index (χ1n) is 8.72. The second-order valence-corrected chi connectivity index (χ2v) is 7.47. The lowest BCUT2D eigenvalue weighted by Gasteiger charge is -2.14. The number of hydrogen-bond acceptors (Lipinski definition) is 5. The fourth-order valence-electron chi connectivity index (χ4n) is 3.49. The molecule has 0 aliphatic rings. The molecule has 27 heavy (non-hydrogen) atoms. The highest BCUT2D eigenvalue weighted by atomic mass is 32.1. The average molecular weight is 371 g/mol. The van der Waals surface area contributed by atoms with Crippen molar-refractivity contribution in [3.8, 4) is 11.4 Å². The van der Waals surface area contributed by atoms with Crippen LogP contribution in [0.15, 0.2) is 54.2 Å². The van der Waals surface area contributed by atoms with Crippen LogP contribution in [0.1, 0.15) is 11.1 Å². The summed E-state index contributed by atoms with van der Waals surface area (Å²) in [5.74, 6) is 1.59. The SMILES string of the molecule is Cc1cccc(C)c1Nc1nc2c(-c3nnc[nH]3)cccc2c2ccsc12. The molecule has 0 unspecified atom stereocenters. The lowest BCUT2D eigenvalue weighted by Crippen LogP contribution is -1.99. The molecule has 5 nitrogen and oxygen atoms in total. The molecule has 0 saturated carbocycles. The number of anilines is 2. The summed E-state index contributed by atoms with van der Waals surface area (Å²) < 4.78 is 1.15. The van der Waals surface area contributed by atoms with Crippen LogP contribution in [0, 0.1) is 13.8 Å². The summed E-state index contributed by atoms with van der Waals surface area (Å²) in [6.07, 6.45) is 1.59. The van der Waals surface area contributed by atoms with E-state index in [9.17, 15) is 0 Å². The van der Waals surface area contributed by atoms with E-state index >= 15 is 0 Å². The zero-order valence-corrected chi connectivity index (χ0v) is 15.8. The van der Waals surface area contributed by atoms with Gasteiger partial charge >= 0.3 is 0 Å². The molecule has 2 aromatic carbocycles. The number of rotatable bonds is 3. The number of aromatic amines is 1. The molecular weight excluding hydrogens is 354 g/mol.